The lowest BCUT2D eigenvalue weighted by Crippen LogP contribution is -2.43. The quantitative estimate of drug-likeness (QED) is 0.410. The lowest BCUT2D eigenvalue weighted by molar-refractivity contribution is -0.139. The van der Waals surface area contributed by atoms with Crippen LogP contribution in [0.3, 0.4) is 0 Å². The molecule has 0 aliphatic carbocycles. The average Bonchev–Trinajstić information content (AvgIpc) is 3.22. The minimum absolute atomic E-state index is 0.241. The van der Waals surface area contributed by atoms with Gasteiger partial charge < -0.3 is 10.4 Å². The topological polar surface area (TPSA) is 110 Å². The Balaban J connectivity index is 1.58. The number of halogens is 1. The number of aryl methyl sites for hydroxylation is 1. The smallest absolute Gasteiger partial charge is 0.305 e. The predicted octanol–water partition coefficient (Wildman–Crippen LogP) is 3.35. The van der Waals surface area contributed by atoms with Gasteiger partial charge in [-0.25, -0.2) is 0 Å². The molecule has 1 atom stereocenters. The number of ketones is 1. The Morgan fingerprint density at radius 1 is 1.12 bits per heavy atom. The molecular formula is C22H22ClN5O3S. The van der Waals surface area contributed by atoms with Crippen molar-refractivity contribution in [3.05, 3.63) is 65.2 Å². The normalized spacial score (nSPS) is 11.7. The van der Waals surface area contributed by atoms with E-state index in [2.05, 4.69) is 20.7 Å². The predicted molar refractivity (Wildman–Crippen MR) is 124 cm³/mol. The molecular weight excluding hydrogens is 450 g/mol. The molecule has 0 radical (unpaired) electrons. The van der Waals surface area contributed by atoms with Crippen molar-refractivity contribution in [1.29, 1.82) is 0 Å². The van der Waals surface area contributed by atoms with E-state index in [-0.39, 0.29) is 12.4 Å². The maximum absolute atomic E-state index is 12.8. The van der Waals surface area contributed by atoms with E-state index >= 15 is 0 Å². The van der Waals surface area contributed by atoms with Gasteiger partial charge in [0.15, 0.2) is 5.78 Å². The molecule has 2 N–H and O–H groups in total. The second-order valence-electron chi connectivity index (χ2n) is 7.15. The summed E-state index contributed by atoms with van der Waals surface area (Å²) >= 11 is 11.5. The molecule has 0 saturated carbocycles. The van der Waals surface area contributed by atoms with Crippen LogP contribution in [-0.4, -0.2) is 48.1 Å². The van der Waals surface area contributed by atoms with E-state index in [4.69, 9.17) is 23.8 Å². The summed E-state index contributed by atoms with van der Waals surface area (Å²) < 4.78 is 0. The van der Waals surface area contributed by atoms with Crippen molar-refractivity contribution in [2.24, 2.45) is 0 Å². The third kappa shape index (κ3) is 6.93. The Hall–Kier alpha value is -3.17. The number of rotatable bonds is 11. The number of benzene rings is 2. The van der Waals surface area contributed by atoms with Crippen LogP contribution in [0.1, 0.15) is 24.8 Å². The number of tetrazole rings is 1. The van der Waals surface area contributed by atoms with Crippen molar-refractivity contribution < 1.29 is 14.7 Å². The number of aromatic nitrogens is 4. The summed E-state index contributed by atoms with van der Waals surface area (Å²) in [5.74, 6) is -1.23. The summed E-state index contributed by atoms with van der Waals surface area (Å²) in [6, 6.07) is 16.0. The Kier molecular flexibility index (Phi) is 8.41. The number of nitrogens with one attached hydrogen (secondary N) is 1. The SMILES string of the molecule is O=C(O)CC(NC(=S)CCCc1ccccc1)C(=O)Cn1nnc(-c2ccccc2Cl)n1. The van der Waals surface area contributed by atoms with E-state index in [9.17, 15) is 14.7 Å². The van der Waals surface area contributed by atoms with Crippen LogP contribution < -0.4 is 5.32 Å². The Morgan fingerprint density at radius 2 is 1.84 bits per heavy atom. The summed E-state index contributed by atoms with van der Waals surface area (Å²) in [7, 11) is 0. The van der Waals surface area contributed by atoms with Crippen molar-refractivity contribution in [3.8, 4) is 11.4 Å². The fourth-order valence-corrected chi connectivity index (χ4v) is 3.60. The zero-order valence-electron chi connectivity index (χ0n) is 17.1. The largest absolute Gasteiger partial charge is 0.481 e. The second-order valence-corrected chi connectivity index (χ2v) is 8.05. The summed E-state index contributed by atoms with van der Waals surface area (Å²) in [6.07, 6.45) is 1.78. The molecule has 0 saturated heterocycles. The highest BCUT2D eigenvalue weighted by atomic mass is 35.5. The number of hydrogen-bond donors (Lipinski definition) is 2. The number of carbonyl (C=O) groups excluding carboxylic acids is 1. The van der Waals surface area contributed by atoms with E-state index in [1.165, 1.54) is 5.56 Å². The highest BCUT2D eigenvalue weighted by molar-refractivity contribution is 7.80. The maximum Gasteiger partial charge on any atom is 0.305 e. The fourth-order valence-electron chi connectivity index (χ4n) is 3.09. The molecule has 32 heavy (non-hydrogen) atoms. The van der Waals surface area contributed by atoms with Gasteiger partial charge in [0.25, 0.3) is 0 Å². The summed E-state index contributed by atoms with van der Waals surface area (Å²) in [5.41, 5.74) is 1.78. The molecule has 3 rings (SSSR count). The molecule has 0 fully saturated rings. The van der Waals surface area contributed by atoms with Crippen LogP contribution in [0.15, 0.2) is 54.6 Å². The lowest BCUT2D eigenvalue weighted by Gasteiger charge is -2.17. The zero-order valence-corrected chi connectivity index (χ0v) is 18.7. The Morgan fingerprint density at radius 3 is 2.56 bits per heavy atom. The van der Waals surface area contributed by atoms with Crippen LogP contribution >= 0.6 is 23.8 Å². The highest BCUT2D eigenvalue weighted by Crippen LogP contribution is 2.23. The van der Waals surface area contributed by atoms with Gasteiger partial charge in [0, 0.05) is 5.56 Å². The van der Waals surface area contributed by atoms with Crippen molar-refractivity contribution in [2.75, 3.05) is 0 Å². The first kappa shape index (κ1) is 23.5. The Labute approximate surface area is 195 Å². The monoisotopic (exact) mass is 471 g/mol. The molecule has 1 heterocycles. The third-order valence-electron chi connectivity index (χ3n) is 4.68. The van der Waals surface area contributed by atoms with Crippen LogP contribution in [0.2, 0.25) is 5.02 Å². The van der Waals surface area contributed by atoms with Crippen molar-refractivity contribution >= 4 is 40.6 Å². The number of hydrogen-bond acceptors (Lipinski definition) is 6. The van der Waals surface area contributed by atoms with Gasteiger partial charge in [-0.3, -0.25) is 9.59 Å². The summed E-state index contributed by atoms with van der Waals surface area (Å²) in [5, 5.41) is 24.6. The molecule has 0 bridgehead atoms. The molecule has 8 nitrogen and oxygen atoms in total. The maximum atomic E-state index is 12.8. The molecule has 3 aromatic rings. The Bertz CT molecular complexity index is 1090. The standard InChI is InChI=1S/C22H22ClN5O3S/c23-17-11-5-4-10-16(17)22-25-27-28(26-22)14-19(29)18(13-21(30)31)24-20(32)12-6-9-15-7-2-1-3-8-15/h1-5,7-8,10-11,18H,6,9,12-14H2,(H,24,32)(H,30,31). The summed E-state index contributed by atoms with van der Waals surface area (Å²) in [4.78, 5) is 25.6. The molecule has 0 aliphatic heterocycles. The van der Waals surface area contributed by atoms with Gasteiger partial charge in [-0.1, -0.05) is 66.3 Å². The van der Waals surface area contributed by atoms with Crippen molar-refractivity contribution in [1.82, 2.24) is 25.5 Å². The van der Waals surface area contributed by atoms with Crippen LogP contribution in [0, 0.1) is 0 Å². The number of Topliss-reactive ketones (excluding diaryl/α,β-unsaturated/α-hetero) is 1. The lowest BCUT2D eigenvalue weighted by atomic mass is 10.1. The minimum Gasteiger partial charge on any atom is -0.481 e. The molecule has 0 spiro atoms. The minimum atomic E-state index is -1.11. The number of aliphatic carboxylic acids is 1. The molecule has 166 valence electrons. The molecule has 1 unspecified atom stereocenters. The van der Waals surface area contributed by atoms with Crippen LogP contribution in [0.25, 0.3) is 11.4 Å². The van der Waals surface area contributed by atoms with Crippen molar-refractivity contribution in [2.45, 2.75) is 38.3 Å². The van der Waals surface area contributed by atoms with Crippen LogP contribution in [0.5, 0.6) is 0 Å². The van der Waals surface area contributed by atoms with Gasteiger partial charge in [-0.05, 0) is 42.2 Å². The zero-order chi connectivity index (χ0) is 22.9. The van der Waals surface area contributed by atoms with E-state index in [0.29, 0.717) is 22.0 Å². The van der Waals surface area contributed by atoms with E-state index < -0.39 is 24.2 Å². The number of thiocarbonyl (C=S) groups is 1. The molecule has 1 aromatic heterocycles. The molecule has 10 heteroatoms. The van der Waals surface area contributed by atoms with E-state index in [1.807, 2.05) is 30.3 Å². The van der Waals surface area contributed by atoms with Crippen molar-refractivity contribution in [3.63, 3.8) is 0 Å². The van der Waals surface area contributed by atoms with Crippen LogP contribution in [-0.2, 0) is 22.6 Å². The van der Waals surface area contributed by atoms with E-state index in [1.54, 1.807) is 24.3 Å². The summed E-state index contributed by atoms with van der Waals surface area (Å²) in [6.45, 7) is -0.241. The molecule has 0 aliphatic rings. The first-order valence-corrected chi connectivity index (χ1v) is 10.8. The van der Waals surface area contributed by atoms with Gasteiger partial charge in [-0.2, -0.15) is 4.80 Å². The van der Waals surface area contributed by atoms with Crippen LogP contribution in [0.4, 0.5) is 0 Å². The number of nitrogens with zero attached hydrogens (tertiary/aromatic N) is 4. The van der Waals surface area contributed by atoms with Gasteiger partial charge in [0.05, 0.1) is 22.5 Å². The second kappa shape index (κ2) is 11.4. The van der Waals surface area contributed by atoms with Gasteiger partial charge in [-0.15, -0.1) is 10.2 Å². The number of carboxylic acid groups (broad SMARTS) is 1. The van der Waals surface area contributed by atoms with Gasteiger partial charge in [0.2, 0.25) is 5.82 Å². The number of carbonyl (C=O) groups is 2. The average molecular weight is 472 g/mol. The molecule has 2 aromatic carbocycles. The molecule has 0 amide bonds. The number of carboxylic acids is 1. The highest BCUT2D eigenvalue weighted by Gasteiger charge is 2.24. The fraction of sp³-hybridized carbons (Fsp3) is 0.273. The first-order chi connectivity index (χ1) is 15.4. The van der Waals surface area contributed by atoms with Gasteiger partial charge in [0.1, 0.15) is 6.54 Å². The third-order valence-corrected chi connectivity index (χ3v) is 5.33. The van der Waals surface area contributed by atoms with E-state index in [0.717, 1.165) is 17.6 Å². The first-order valence-electron chi connectivity index (χ1n) is 10.0. The van der Waals surface area contributed by atoms with Gasteiger partial charge >= 0.3 is 5.97 Å².